The van der Waals surface area contributed by atoms with Crippen LogP contribution in [0.25, 0.3) is 0 Å². The number of hydrogen-bond donors (Lipinski definition) is 1. The van der Waals surface area contributed by atoms with E-state index in [0.29, 0.717) is 5.82 Å². The van der Waals surface area contributed by atoms with Gasteiger partial charge in [0.05, 0.1) is 6.04 Å². The maximum Gasteiger partial charge on any atom is 0.135 e. The highest BCUT2D eigenvalue weighted by atomic mass is 35.5. The fourth-order valence-electron chi connectivity index (χ4n) is 2.13. The molecule has 0 aliphatic rings. The van der Waals surface area contributed by atoms with Gasteiger partial charge in [-0.15, -0.1) is 0 Å². The fraction of sp³-hybridized carbons (Fsp3) is 0.375. The van der Waals surface area contributed by atoms with Crippen LogP contribution in [0.2, 0.25) is 5.02 Å². The van der Waals surface area contributed by atoms with Gasteiger partial charge >= 0.3 is 0 Å². The molecule has 1 atom stereocenters. The second kappa shape index (κ2) is 6.31. The lowest BCUT2D eigenvalue weighted by molar-refractivity contribution is 0.710. The van der Waals surface area contributed by atoms with Crippen molar-refractivity contribution in [2.24, 2.45) is 0 Å². The first kappa shape index (κ1) is 15.6. The zero-order valence-corrected chi connectivity index (χ0v) is 13.6. The first-order valence-corrected chi connectivity index (χ1v) is 7.39. The van der Waals surface area contributed by atoms with Crippen LogP contribution in [0.3, 0.4) is 0 Å². The van der Waals surface area contributed by atoms with Gasteiger partial charge in [-0.1, -0.05) is 43.6 Å². The zero-order valence-electron chi connectivity index (χ0n) is 12.8. The van der Waals surface area contributed by atoms with E-state index in [2.05, 4.69) is 35.6 Å². The molecule has 0 spiro atoms. The van der Waals surface area contributed by atoms with Gasteiger partial charge in [-0.05, 0) is 18.6 Å². The molecule has 21 heavy (non-hydrogen) atoms. The molecule has 1 aromatic heterocycles. The van der Waals surface area contributed by atoms with Gasteiger partial charge in [-0.2, -0.15) is 0 Å². The quantitative estimate of drug-likeness (QED) is 0.926. The number of rotatable bonds is 4. The van der Waals surface area contributed by atoms with Gasteiger partial charge < -0.3 is 10.6 Å². The van der Waals surface area contributed by atoms with Crippen LogP contribution < -0.4 is 10.6 Å². The predicted octanol–water partition coefficient (Wildman–Crippen LogP) is 4.03. The summed E-state index contributed by atoms with van der Waals surface area (Å²) in [4.78, 5) is 10.9. The summed E-state index contributed by atoms with van der Waals surface area (Å²) in [5, 5.41) is 0.753. The second-order valence-electron chi connectivity index (χ2n) is 5.47. The van der Waals surface area contributed by atoms with Gasteiger partial charge in [-0.3, -0.25) is 0 Å². The van der Waals surface area contributed by atoms with E-state index in [4.69, 9.17) is 17.3 Å². The maximum atomic E-state index is 6.28. The Kier molecular flexibility index (Phi) is 4.68. The molecule has 1 unspecified atom stereocenters. The van der Waals surface area contributed by atoms with Crippen LogP contribution in [0.5, 0.6) is 0 Å². The lowest BCUT2D eigenvalue weighted by Gasteiger charge is -2.27. The van der Waals surface area contributed by atoms with Crippen LogP contribution in [0.1, 0.15) is 44.1 Å². The van der Waals surface area contributed by atoms with Crippen LogP contribution in [-0.2, 0) is 0 Å². The summed E-state index contributed by atoms with van der Waals surface area (Å²) < 4.78 is 0. The smallest absolute Gasteiger partial charge is 0.135 e. The highest BCUT2D eigenvalue weighted by molar-refractivity contribution is 6.31. The Morgan fingerprint density at radius 1 is 1.14 bits per heavy atom. The molecule has 2 aromatic rings. The van der Waals surface area contributed by atoms with Gasteiger partial charge in [0.1, 0.15) is 17.5 Å². The second-order valence-corrected chi connectivity index (χ2v) is 5.88. The average Bonchev–Trinajstić information content (AvgIpc) is 2.45. The first-order valence-electron chi connectivity index (χ1n) is 7.02. The van der Waals surface area contributed by atoms with Crippen LogP contribution in [0, 0.1) is 0 Å². The van der Waals surface area contributed by atoms with Gasteiger partial charge in [0.2, 0.25) is 0 Å². The van der Waals surface area contributed by atoms with Crippen LogP contribution in [0.15, 0.2) is 30.3 Å². The number of benzene rings is 1. The number of halogens is 1. The molecule has 0 aliphatic heterocycles. The van der Waals surface area contributed by atoms with Gasteiger partial charge in [0.15, 0.2) is 0 Å². The van der Waals surface area contributed by atoms with E-state index in [-0.39, 0.29) is 12.0 Å². The number of nitrogens with two attached hydrogens (primary N) is 1. The summed E-state index contributed by atoms with van der Waals surface area (Å²) in [6, 6.07) is 9.72. The van der Waals surface area contributed by atoms with Crippen molar-refractivity contribution in [3.8, 4) is 0 Å². The molecule has 0 saturated heterocycles. The summed E-state index contributed by atoms with van der Waals surface area (Å²) in [6.45, 7) is 6.20. The Labute approximate surface area is 131 Å². The van der Waals surface area contributed by atoms with Crippen molar-refractivity contribution in [3.05, 3.63) is 46.7 Å². The fourth-order valence-corrected chi connectivity index (χ4v) is 2.42. The number of anilines is 2. The molecule has 1 heterocycles. The molecule has 0 radical (unpaired) electrons. The van der Waals surface area contributed by atoms with E-state index < -0.39 is 0 Å². The van der Waals surface area contributed by atoms with Crippen molar-refractivity contribution in [2.45, 2.75) is 32.7 Å². The molecule has 0 amide bonds. The van der Waals surface area contributed by atoms with E-state index >= 15 is 0 Å². The van der Waals surface area contributed by atoms with Crippen molar-refractivity contribution < 1.29 is 0 Å². The zero-order chi connectivity index (χ0) is 15.6. The SMILES string of the molecule is CC(C)c1nc(N)cc(N(C)C(C)c2ccccc2Cl)n1. The lowest BCUT2D eigenvalue weighted by atomic mass is 10.1. The highest BCUT2D eigenvalue weighted by Gasteiger charge is 2.17. The minimum atomic E-state index is 0.0908. The summed E-state index contributed by atoms with van der Waals surface area (Å²) in [6.07, 6.45) is 0. The molecule has 2 rings (SSSR count). The Bertz CT molecular complexity index is 627. The number of nitrogens with zero attached hydrogens (tertiary/aromatic N) is 3. The van der Waals surface area contributed by atoms with Crippen LogP contribution in [-0.4, -0.2) is 17.0 Å². The molecule has 112 valence electrons. The van der Waals surface area contributed by atoms with E-state index in [1.54, 1.807) is 6.07 Å². The first-order chi connectivity index (χ1) is 9.90. The van der Waals surface area contributed by atoms with Gasteiger partial charge in [0.25, 0.3) is 0 Å². The molecular formula is C16H21ClN4. The molecule has 0 saturated carbocycles. The molecule has 5 heteroatoms. The predicted molar refractivity (Wildman–Crippen MR) is 88.8 cm³/mol. The number of hydrogen-bond acceptors (Lipinski definition) is 4. The average molecular weight is 305 g/mol. The Balaban J connectivity index is 2.35. The van der Waals surface area contributed by atoms with Gasteiger partial charge in [-0.25, -0.2) is 9.97 Å². The lowest BCUT2D eigenvalue weighted by Crippen LogP contribution is -2.24. The number of nitrogen functional groups attached to an aromatic ring is 1. The van der Waals surface area contributed by atoms with E-state index in [9.17, 15) is 0 Å². The Hall–Kier alpha value is -1.81. The molecular weight excluding hydrogens is 284 g/mol. The Morgan fingerprint density at radius 3 is 2.43 bits per heavy atom. The van der Waals surface area contributed by atoms with Crippen molar-refractivity contribution in [1.29, 1.82) is 0 Å². The minimum Gasteiger partial charge on any atom is -0.384 e. The topological polar surface area (TPSA) is 55.0 Å². The van der Waals surface area contributed by atoms with Crippen LogP contribution >= 0.6 is 11.6 Å². The van der Waals surface area contributed by atoms with Crippen molar-refractivity contribution >= 4 is 23.2 Å². The molecule has 0 bridgehead atoms. The summed E-state index contributed by atoms with van der Waals surface area (Å²) in [5.74, 6) is 2.28. The van der Waals surface area contributed by atoms with Crippen molar-refractivity contribution in [2.75, 3.05) is 17.7 Å². The molecule has 0 aliphatic carbocycles. The standard InChI is InChI=1S/C16H21ClN4/c1-10(2)16-19-14(18)9-15(20-16)21(4)11(3)12-7-5-6-8-13(12)17/h5-11H,1-4H3,(H2,18,19,20). The minimum absolute atomic E-state index is 0.0908. The van der Waals surface area contributed by atoms with Crippen molar-refractivity contribution in [3.63, 3.8) is 0 Å². The molecule has 0 fully saturated rings. The largest absolute Gasteiger partial charge is 0.384 e. The monoisotopic (exact) mass is 304 g/mol. The highest BCUT2D eigenvalue weighted by Crippen LogP contribution is 2.30. The summed E-state index contributed by atoms with van der Waals surface area (Å²) in [5.41, 5.74) is 6.96. The normalized spacial score (nSPS) is 12.5. The van der Waals surface area contributed by atoms with Gasteiger partial charge in [0, 0.05) is 24.1 Å². The molecule has 1 aromatic carbocycles. The van der Waals surface area contributed by atoms with E-state index in [0.717, 1.165) is 22.2 Å². The molecule has 2 N–H and O–H groups in total. The maximum absolute atomic E-state index is 6.28. The third-order valence-electron chi connectivity index (χ3n) is 3.56. The molecule has 4 nitrogen and oxygen atoms in total. The van der Waals surface area contributed by atoms with Crippen molar-refractivity contribution in [1.82, 2.24) is 9.97 Å². The van der Waals surface area contributed by atoms with Crippen LogP contribution in [0.4, 0.5) is 11.6 Å². The van der Waals surface area contributed by atoms with E-state index in [1.165, 1.54) is 0 Å². The summed E-state index contributed by atoms with van der Waals surface area (Å²) in [7, 11) is 1.99. The Morgan fingerprint density at radius 2 is 1.81 bits per heavy atom. The number of aromatic nitrogens is 2. The summed E-state index contributed by atoms with van der Waals surface area (Å²) >= 11 is 6.28. The third-order valence-corrected chi connectivity index (χ3v) is 3.91. The van der Waals surface area contributed by atoms with E-state index in [1.807, 2.05) is 31.3 Å². The third kappa shape index (κ3) is 3.45.